The third-order valence-corrected chi connectivity index (χ3v) is 2.86. The molecule has 1 saturated heterocycles. The van der Waals surface area contributed by atoms with Crippen LogP contribution >= 0.6 is 0 Å². The van der Waals surface area contributed by atoms with E-state index in [2.05, 4.69) is 27.3 Å². The van der Waals surface area contributed by atoms with Crippen LogP contribution in [0.1, 0.15) is 12.8 Å². The number of pyridine rings is 1. The molecule has 0 atom stereocenters. The zero-order chi connectivity index (χ0) is 9.80. The van der Waals surface area contributed by atoms with E-state index in [0.29, 0.717) is 6.04 Å². The van der Waals surface area contributed by atoms with E-state index in [0.717, 1.165) is 13.1 Å². The molecule has 0 bridgehead atoms. The first-order valence-electron chi connectivity index (χ1n) is 5.14. The topological polar surface area (TPSA) is 30.2 Å². The summed E-state index contributed by atoms with van der Waals surface area (Å²) in [4.78, 5) is 6.43. The Morgan fingerprint density at radius 2 is 1.93 bits per heavy atom. The van der Waals surface area contributed by atoms with Crippen molar-refractivity contribution in [1.82, 2.24) is 10.3 Å². The predicted octanol–water partition coefficient (Wildman–Crippen LogP) is 1.28. The van der Waals surface area contributed by atoms with Crippen LogP contribution < -0.4 is 10.2 Å². The van der Waals surface area contributed by atoms with Crippen LogP contribution in [0.3, 0.4) is 0 Å². The van der Waals surface area contributed by atoms with Gasteiger partial charge in [0.15, 0.2) is 0 Å². The lowest BCUT2D eigenvalue weighted by atomic mass is 10.1. The molecule has 1 radical (unpaired) electrons. The molecule has 75 valence electrons. The van der Waals surface area contributed by atoms with Crippen LogP contribution in [0.4, 0.5) is 5.69 Å². The van der Waals surface area contributed by atoms with E-state index >= 15 is 0 Å². The lowest BCUT2D eigenvalue weighted by Crippen LogP contribution is -2.38. The molecule has 0 spiro atoms. The molecule has 0 unspecified atom stereocenters. The molecule has 1 aromatic heterocycles. The largest absolute Gasteiger partial charge is 0.371 e. The van der Waals surface area contributed by atoms with Crippen LogP contribution in [-0.4, -0.2) is 31.2 Å². The van der Waals surface area contributed by atoms with Crippen molar-refractivity contribution in [3.8, 4) is 0 Å². The van der Waals surface area contributed by atoms with Crippen molar-refractivity contribution in [2.45, 2.75) is 18.9 Å². The minimum Gasteiger partial charge on any atom is -0.371 e. The van der Waals surface area contributed by atoms with Crippen molar-refractivity contribution in [2.24, 2.45) is 0 Å². The second-order valence-corrected chi connectivity index (χ2v) is 3.68. The van der Waals surface area contributed by atoms with Crippen LogP contribution in [0, 0.1) is 0 Å². The van der Waals surface area contributed by atoms with Gasteiger partial charge < -0.3 is 4.90 Å². The SMILES string of the molecule is C[N]C1CCN(c2ccncc2)CC1. The molecule has 14 heavy (non-hydrogen) atoms. The number of hydrogen-bond acceptors (Lipinski definition) is 2. The quantitative estimate of drug-likeness (QED) is 0.703. The molecule has 0 aliphatic carbocycles. The monoisotopic (exact) mass is 190 g/mol. The first-order chi connectivity index (χ1) is 6.90. The van der Waals surface area contributed by atoms with E-state index < -0.39 is 0 Å². The second-order valence-electron chi connectivity index (χ2n) is 3.68. The van der Waals surface area contributed by atoms with Crippen molar-refractivity contribution >= 4 is 5.69 Å². The Hall–Kier alpha value is -1.09. The summed E-state index contributed by atoms with van der Waals surface area (Å²) in [6.07, 6.45) is 6.06. The highest BCUT2D eigenvalue weighted by Gasteiger charge is 2.18. The van der Waals surface area contributed by atoms with Gasteiger partial charge in [0.2, 0.25) is 0 Å². The van der Waals surface area contributed by atoms with Crippen LogP contribution in [0.5, 0.6) is 0 Å². The van der Waals surface area contributed by atoms with Gasteiger partial charge in [-0.15, -0.1) is 0 Å². The fourth-order valence-corrected chi connectivity index (χ4v) is 1.94. The molecule has 2 heterocycles. The molecule has 2 rings (SSSR count). The predicted molar refractivity (Wildman–Crippen MR) is 57.5 cm³/mol. The number of hydrogen-bond donors (Lipinski definition) is 0. The molecule has 0 saturated carbocycles. The molecule has 0 amide bonds. The van der Waals surface area contributed by atoms with Gasteiger partial charge in [0, 0.05) is 44.3 Å². The highest BCUT2D eigenvalue weighted by molar-refractivity contribution is 5.44. The molecule has 1 fully saturated rings. The Labute approximate surface area is 85.1 Å². The molecule has 0 N–H and O–H groups in total. The Morgan fingerprint density at radius 1 is 1.29 bits per heavy atom. The maximum absolute atomic E-state index is 4.34. The fourth-order valence-electron chi connectivity index (χ4n) is 1.94. The number of nitrogens with zero attached hydrogens (tertiary/aromatic N) is 3. The average molecular weight is 190 g/mol. The Morgan fingerprint density at radius 3 is 2.50 bits per heavy atom. The van der Waals surface area contributed by atoms with Crippen LogP contribution in [0.25, 0.3) is 0 Å². The maximum atomic E-state index is 4.34. The van der Waals surface area contributed by atoms with Gasteiger partial charge in [-0.25, -0.2) is 5.32 Å². The van der Waals surface area contributed by atoms with Crippen LogP contribution in [0.15, 0.2) is 24.5 Å². The maximum Gasteiger partial charge on any atom is 0.0397 e. The van der Waals surface area contributed by atoms with Crippen molar-refractivity contribution in [3.05, 3.63) is 24.5 Å². The summed E-state index contributed by atoms with van der Waals surface area (Å²) in [6.45, 7) is 2.23. The first kappa shape index (κ1) is 9.46. The standard InChI is InChI=1S/C11H16N3/c1-12-10-4-8-14(9-5-10)11-2-6-13-7-3-11/h2-3,6-7,10H,4-5,8-9H2,1H3. The molecule has 0 aromatic carbocycles. The van der Waals surface area contributed by atoms with Gasteiger partial charge in [0.25, 0.3) is 0 Å². The molecule has 3 nitrogen and oxygen atoms in total. The minimum atomic E-state index is 0.577. The van der Waals surface area contributed by atoms with Crippen LogP contribution in [0.2, 0.25) is 0 Å². The van der Waals surface area contributed by atoms with Gasteiger partial charge in [-0.3, -0.25) is 4.98 Å². The summed E-state index contributed by atoms with van der Waals surface area (Å²) >= 11 is 0. The number of anilines is 1. The zero-order valence-corrected chi connectivity index (χ0v) is 8.56. The Kier molecular flexibility index (Phi) is 2.99. The summed E-state index contributed by atoms with van der Waals surface area (Å²) in [7, 11) is 1.92. The van der Waals surface area contributed by atoms with Gasteiger partial charge in [0.05, 0.1) is 0 Å². The van der Waals surface area contributed by atoms with Gasteiger partial charge in [-0.1, -0.05) is 0 Å². The average Bonchev–Trinajstić information content (AvgIpc) is 2.30. The van der Waals surface area contributed by atoms with Crippen molar-refractivity contribution < 1.29 is 0 Å². The van der Waals surface area contributed by atoms with Gasteiger partial charge >= 0.3 is 0 Å². The lowest BCUT2D eigenvalue weighted by Gasteiger charge is -2.32. The van der Waals surface area contributed by atoms with Crippen molar-refractivity contribution in [3.63, 3.8) is 0 Å². The summed E-state index contributed by atoms with van der Waals surface area (Å²) in [5, 5.41) is 4.34. The van der Waals surface area contributed by atoms with E-state index in [1.165, 1.54) is 18.5 Å². The van der Waals surface area contributed by atoms with Crippen molar-refractivity contribution in [2.75, 3.05) is 25.0 Å². The van der Waals surface area contributed by atoms with Gasteiger partial charge in [0.1, 0.15) is 0 Å². The second kappa shape index (κ2) is 4.42. The van der Waals surface area contributed by atoms with Crippen LogP contribution in [-0.2, 0) is 0 Å². The van der Waals surface area contributed by atoms with E-state index in [9.17, 15) is 0 Å². The van der Waals surface area contributed by atoms with E-state index in [1.807, 2.05) is 19.4 Å². The van der Waals surface area contributed by atoms with Gasteiger partial charge in [-0.05, 0) is 25.0 Å². The highest BCUT2D eigenvalue weighted by Crippen LogP contribution is 2.18. The molecule has 1 aromatic rings. The van der Waals surface area contributed by atoms with Crippen molar-refractivity contribution in [1.29, 1.82) is 0 Å². The lowest BCUT2D eigenvalue weighted by molar-refractivity contribution is 0.436. The minimum absolute atomic E-state index is 0.577. The van der Waals surface area contributed by atoms with E-state index in [-0.39, 0.29) is 0 Å². The molecule has 1 aliphatic heterocycles. The van der Waals surface area contributed by atoms with Gasteiger partial charge in [-0.2, -0.15) is 0 Å². The normalized spacial score (nSPS) is 18.5. The first-order valence-corrected chi connectivity index (χ1v) is 5.14. The van der Waals surface area contributed by atoms with E-state index in [4.69, 9.17) is 0 Å². The summed E-state index contributed by atoms with van der Waals surface area (Å²) in [5.74, 6) is 0. The molecule has 1 aliphatic rings. The summed E-state index contributed by atoms with van der Waals surface area (Å²) in [5.41, 5.74) is 1.29. The third kappa shape index (κ3) is 2.04. The highest BCUT2D eigenvalue weighted by atomic mass is 15.1. The molecular weight excluding hydrogens is 174 g/mol. The number of aromatic nitrogens is 1. The third-order valence-electron chi connectivity index (χ3n) is 2.86. The molecule has 3 heteroatoms. The number of rotatable bonds is 2. The summed E-state index contributed by atoms with van der Waals surface area (Å²) in [6, 6.07) is 4.72. The molecular formula is C11H16N3. The summed E-state index contributed by atoms with van der Waals surface area (Å²) < 4.78 is 0. The Bertz CT molecular complexity index is 265. The smallest absolute Gasteiger partial charge is 0.0397 e. The zero-order valence-electron chi connectivity index (χ0n) is 8.56. The fraction of sp³-hybridized carbons (Fsp3) is 0.545. The van der Waals surface area contributed by atoms with E-state index in [1.54, 1.807) is 0 Å². The Balaban J connectivity index is 1.96. The number of piperidine rings is 1.